The van der Waals surface area contributed by atoms with Gasteiger partial charge in [-0.1, -0.05) is 30.3 Å². The highest BCUT2D eigenvalue weighted by atomic mass is 32.2. The third-order valence-corrected chi connectivity index (χ3v) is 4.21. The number of nitrogens with two attached hydrogens (primary N) is 1. The molecule has 2 rings (SSSR count). The Labute approximate surface area is 116 Å². The van der Waals surface area contributed by atoms with Gasteiger partial charge in [-0.05, 0) is 30.7 Å². The molecule has 100 valence electrons. The van der Waals surface area contributed by atoms with Crippen molar-refractivity contribution in [2.75, 3.05) is 11.5 Å². The van der Waals surface area contributed by atoms with E-state index in [2.05, 4.69) is 0 Å². The predicted octanol–water partition coefficient (Wildman–Crippen LogP) is 3.41. The van der Waals surface area contributed by atoms with Crippen LogP contribution in [0.25, 0.3) is 0 Å². The van der Waals surface area contributed by atoms with Crippen molar-refractivity contribution < 1.29 is 9.50 Å². The van der Waals surface area contributed by atoms with Crippen molar-refractivity contribution in [2.24, 2.45) is 0 Å². The molecule has 0 aliphatic carbocycles. The maximum Gasteiger partial charge on any atom is 0.138 e. The maximum absolute atomic E-state index is 13.6. The Hall–Kier alpha value is -1.52. The number of rotatable bonds is 4. The fourth-order valence-electron chi connectivity index (χ4n) is 1.73. The van der Waals surface area contributed by atoms with Crippen molar-refractivity contribution in [1.82, 2.24) is 0 Å². The number of aliphatic hydroxyl groups is 1. The number of anilines is 1. The Balaban J connectivity index is 2.09. The first kappa shape index (κ1) is 13.9. The second-order valence-corrected chi connectivity index (χ2v) is 5.64. The van der Waals surface area contributed by atoms with Gasteiger partial charge in [0.25, 0.3) is 0 Å². The minimum absolute atomic E-state index is 0.353. The first-order chi connectivity index (χ1) is 8.99. The van der Waals surface area contributed by atoms with Crippen molar-refractivity contribution >= 4 is 17.4 Å². The lowest BCUT2D eigenvalue weighted by molar-refractivity contribution is 0.0839. The highest BCUT2D eigenvalue weighted by Crippen LogP contribution is 2.31. The van der Waals surface area contributed by atoms with Gasteiger partial charge in [0, 0.05) is 16.3 Å². The second kappa shape index (κ2) is 5.63. The van der Waals surface area contributed by atoms with E-state index in [0.29, 0.717) is 16.3 Å². The highest BCUT2D eigenvalue weighted by molar-refractivity contribution is 7.99. The topological polar surface area (TPSA) is 46.2 Å². The summed E-state index contributed by atoms with van der Waals surface area (Å²) < 4.78 is 13.6. The molecule has 3 N–H and O–H groups in total. The third-order valence-electron chi connectivity index (χ3n) is 2.86. The SMILES string of the molecule is CC(O)(CSc1ccc(N)cc1F)c1ccccc1. The molecule has 2 aromatic rings. The van der Waals surface area contributed by atoms with Gasteiger partial charge in [0.05, 0.1) is 5.60 Å². The van der Waals surface area contributed by atoms with E-state index >= 15 is 0 Å². The van der Waals surface area contributed by atoms with E-state index in [1.807, 2.05) is 30.3 Å². The fraction of sp³-hybridized carbons (Fsp3) is 0.200. The predicted molar refractivity (Wildman–Crippen MR) is 77.5 cm³/mol. The van der Waals surface area contributed by atoms with E-state index in [9.17, 15) is 9.50 Å². The van der Waals surface area contributed by atoms with Crippen LogP contribution in [0.15, 0.2) is 53.4 Å². The largest absolute Gasteiger partial charge is 0.399 e. The summed E-state index contributed by atoms with van der Waals surface area (Å²) in [5.41, 5.74) is 5.72. The smallest absolute Gasteiger partial charge is 0.138 e. The monoisotopic (exact) mass is 277 g/mol. The molecule has 2 aromatic carbocycles. The van der Waals surface area contributed by atoms with Crippen LogP contribution in [0.5, 0.6) is 0 Å². The van der Waals surface area contributed by atoms with Crippen molar-refractivity contribution in [1.29, 1.82) is 0 Å². The van der Waals surface area contributed by atoms with E-state index < -0.39 is 5.60 Å². The van der Waals surface area contributed by atoms with Crippen molar-refractivity contribution in [3.05, 3.63) is 59.9 Å². The van der Waals surface area contributed by atoms with Gasteiger partial charge < -0.3 is 10.8 Å². The molecule has 0 aromatic heterocycles. The zero-order chi connectivity index (χ0) is 13.9. The molecular formula is C15H16FNOS. The summed E-state index contributed by atoms with van der Waals surface area (Å²) in [6.45, 7) is 1.73. The van der Waals surface area contributed by atoms with Crippen LogP contribution in [0.4, 0.5) is 10.1 Å². The van der Waals surface area contributed by atoms with Crippen LogP contribution in [0.1, 0.15) is 12.5 Å². The molecular weight excluding hydrogens is 261 g/mol. The molecule has 0 aliphatic rings. The third kappa shape index (κ3) is 3.49. The van der Waals surface area contributed by atoms with Gasteiger partial charge in [-0.2, -0.15) is 0 Å². The molecule has 0 bridgehead atoms. The van der Waals surface area contributed by atoms with Crippen LogP contribution < -0.4 is 5.73 Å². The minimum atomic E-state index is -1.00. The molecule has 19 heavy (non-hydrogen) atoms. The summed E-state index contributed by atoms with van der Waals surface area (Å²) >= 11 is 1.28. The molecule has 0 radical (unpaired) electrons. The molecule has 0 spiro atoms. The van der Waals surface area contributed by atoms with Gasteiger partial charge in [-0.25, -0.2) is 4.39 Å². The Morgan fingerprint density at radius 1 is 1.21 bits per heavy atom. The molecule has 0 amide bonds. The van der Waals surface area contributed by atoms with Crippen LogP contribution in [-0.2, 0) is 5.60 Å². The fourth-order valence-corrected chi connectivity index (χ4v) is 2.70. The zero-order valence-electron chi connectivity index (χ0n) is 10.6. The first-order valence-corrected chi connectivity index (χ1v) is 6.93. The zero-order valence-corrected chi connectivity index (χ0v) is 11.5. The molecule has 2 nitrogen and oxygen atoms in total. The molecule has 0 saturated heterocycles. The Morgan fingerprint density at radius 2 is 1.89 bits per heavy atom. The molecule has 0 saturated carbocycles. The summed E-state index contributed by atoms with van der Waals surface area (Å²) in [5, 5.41) is 10.4. The maximum atomic E-state index is 13.6. The summed E-state index contributed by atoms with van der Waals surface area (Å²) in [6, 6.07) is 13.9. The van der Waals surface area contributed by atoms with E-state index in [1.54, 1.807) is 19.1 Å². The normalized spacial score (nSPS) is 14.1. The van der Waals surface area contributed by atoms with E-state index in [-0.39, 0.29) is 5.82 Å². The van der Waals surface area contributed by atoms with Crippen molar-refractivity contribution in [3.8, 4) is 0 Å². The Morgan fingerprint density at radius 3 is 2.53 bits per heavy atom. The number of benzene rings is 2. The van der Waals surface area contributed by atoms with E-state index in [1.165, 1.54) is 17.8 Å². The minimum Gasteiger partial charge on any atom is -0.399 e. The summed E-state index contributed by atoms with van der Waals surface area (Å²) in [7, 11) is 0. The quantitative estimate of drug-likeness (QED) is 0.665. The molecule has 0 aliphatic heterocycles. The molecule has 0 fully saturated rings. The number of halogens is 1. The molecule has 4 heteroatoms. The molecule has 1 unspecified atom stereocenters. The number of thioether (sulfide) groups is 1. The van der Waals surface area contributed by atoms with Gasteiger partial charge in [-0.15, -0.1) is 11.8 Å². The van der Waals surface area contributed by atoms with E-state index in [4.69, 9.17) is 5.73 Å². The van der Waals surface area contributed by atoms with Crippen LogP contribution in [0.2, 0.25) is 0 Å². The second-order valence-electron chi connectivity index (χ2n) is 4.62. The van der Waals surface area contributed by atoms with Crippen LogP contribution >= 0.6 is 11.8 Å². The van der Waals surface area contributed by atoms with Crippen LogP contribution in [0, 0.1) is 5.82 Å². The van der Waals surface area contributed by atoms with Gasteiger partial charge in [0.2, 0.25) is 0 Å². The van der Waals surface area contributed by atoms with Crippen molar-refractivity contribution in [3.63, 3.8) is 0 Å². The van der Waals surface area contributed by atoms with E-state index in [0.717, 1.165) is 5.56 Å². The van der Waals surface area contributed by atoms with Crippen molar-refractivity contribution in [2.45, 2.75) is 17.4 Å². The first-order valence-electron chi connectivity index (χ1n) is 5.95. The number of hydrogen-bond acceptors (Lipinski definition) is 3. The number of hydrogen-bond donors (Lipinski definition) is 2. The molecule has 1 atom stereocenters. The number of nitrogen functional groups attached to an aromatic ring is 1. The average Bonchev–Trinajstić information content (AvgIpc) is 2.39. The highest BCUT2D eigenvalue weighted by Gasteiger charge is 2.23. The van der Waals surface area contributed by atoms with Gasteiger partial charge in [0.15, 0.2) is 0 Å². The summed E-state index contributed by atoms with van der Waals surface area (Å²) in [6.07, 6.45) is 0. The lowest BCUT2D eigenvalue weighted by Crippen LogP contribution is -2.24. The Bertz CT molecular complexity index is 557. The van der Waals surface area contributed by atoms with Gasteiger partial charge in [-0.3, -0.25) is 0 Å². The average molecular weight is 277 g/mol. The van der Waals surface area contributed by atoms with Crippen LogP contribution in [0.3, 0.4) is 0 Å². The lowest BCUT2D eigenvalue weighted by atomic mass is 9.99. The van der Waals surface area contributed by atoms with Gasteiger partial charge >= 0.3 is 0 Å². The Kier molecular flexibility index (Phi) is 4.12. The lowest BCUT2D eigenvalue weighted by Gasteiger charge is -2.23. The summed E-state index contributed by atoms with van der Waals surface area (Å²) in [5.74, 6) is 0.0200. The van der Waals surface area contributed by atoms with Gasteiger partial charge in [0.1, 0.15) is 5.82 Å². The van der Waals surface area contributed by atoms with Crippen LogP contribution in [-0.4, -0.2) is 10.9 Å². The summed E-state index contributed by atoms with van der Waals surface area (Å²) in [4.78, 5) is 0.491. The molecule has 0 heterocycles. The standard InChI is InChI=1S/C15H16FNOS/c1-15(18,11-5-3-2-4-6-11)10-19-14-8-7-12(17)9-13(14)16/h2-9,18H,10,17H2,1H3.